The number of fused-ring (bicyclic) bond motifs is 1. The molecular weight excluding hydrogens is 148 g/mol. The number of rotatable bonds is 0. The van der Waals surface area contributed by atoms with Gasteiger partial charge in [0.15, 0.2) is 0 Å². The molecule has 0 unspecified atom stereocenters. The molecule has 0 amide bonds. The third-order valence-electron chi connectivity index (χ3n) is 3.61. The van der Waals surface area contributed by atoms with Gasteiger partial charge >= 0.3 is 0 Å². The monoisotopic (exact) mass is 168 g/mol. The fourth-order valence-electron chi connectivity index (χ4n) is 2.84. The molecule has 0 aromatic heterocycles. The second-order valence-corrected chi connectivity index (χ2v) is 4.64. The summed E-state index contributed by atoms with van der Waals surface area (Å²) in [5, 5.41) is 0. The summed E-state index contributed by atoms with van der Waals surface area (Å²) in [7, 11) is 2.23. The molecule has 0 aromatic carbocycles. The Balaban J connectivity index is 1.94. The molecule has 1 saturated heterocycles. The maximum Gasteiger partial charge on any atom is 0.00421 e. The van der Waals surface area contributed by atoms with E-state index in [2.05, 4.69) is 11.9 Å². The van der Waals surface area contributed by atoms with Crippen molar-refractivity contribution in [2.24, 2.45) is 17.6 Å². The first-order chi connectivity index (χ1) is 5.75. The van der Waals surface area contributed by atoms with E-state index in [0.29, 0.717) is 6.04 Å². The van der Waals surface area contributed by atoms with E-state index in [9.17, 15) is 0 Å². The first-order valence-electron chi connectivity index (χ1n) is 5.20. The fourth-order valence-corrected chi connectivity index (χ4v) is 2.84. The molecule has 3 atom stereocenters. The summed E-state index contributed by atoms with van der Waals surface area (Å²) >= 11 is 0. The number of nitrogens with zero attached hydrogens (tertiary/aromatic N) is 1. The number of hydrogen-bond acceptors (Lipinski definition) is 2. The van der Waals surface area contributed by atoms with Crippen molar-refractivity contribution in [2.75, 3.05) is 20.1 Å². The lowest BCUT2D eigenvalue weighted by molar-refractivity contribution is 0.0966. The predicted octanol–water partition coefficient (Wildman–Crippen LogP) is 1.07. The highest BCUT2D eigenvalue weighted by Crippen LogP contribution is 2.34. The van der Waals surface area contributed by atoms with Crippen LogP contribution in [-0.4, -0.2) is 31.1 Å². The van der Waals surface area contributed by atoms with Crippen LogP contribution in [0.25, 0.3) is 0 Å². The number of hydrogen-bond donors (Lipinski definition) is 1. The van der Waals surface area contributed by atoms with Crippen LogP contribution in [0.4, 0.5) is 0 Å². The molecule has 2 heteroatoms. The standard InChI is InChI=1S/C10H20N2/c1-12-5-4-8-2-3-10(11)6-9(8)7-12/h8-10H,2-7,11H2,1H3/t8-,9+,10+/m1/s1. The minimum atomic E-state index is 0.498. The summed E-state index contributed by atoms with van der Waals surface area (Å²) < 4.78 is 0. The fraction of sp³-hybridized carbons (Fsp3) is 1.00. The van der Waals surface area contributed by atoms with E-state index in [4.69, 9.17) is 5.73 Å². The van der Waals surface area contributed by atoms with Crippen LogP contribution in [0.1, 0.15) is 25.7 Å². The highest BCUT2D eigenvalue weighted by atomic mass is 15.1. The van der Waals surface area contributed by atoms with E-state index in [-0.39, 0.29) is 0 Å². The van der Waals surface area contributed by atoms with Gasteiger partial charge in [0.25, 0.3) is 0 Å². The third-order valence-corrected chi connectivity index (χ3v) is 3.61. The molecule has 2 aliphatic rings. The lowest BCUT2D eigenvalue weighted by Gasteiger charge is -2.41. The van der Waals surface area contributed by atoms with E-state index in [1.807, 2.05) is 0 Å². The highest BCUT2D eigenvalue weighted by Gasteiger charge is 2.32. The molecule has 0 spiro atoms. The average molecular weight is 168 g/mol. The molecule has 0 bridgehead atoms. The van der Waals surface area contributed by atoms with Gasteiger partial charge in [-0.3, -0.25) is 0 Å². The molecular formula is C10H20N2. The van der Waals surface area contributed by atoms with Gasteiger partial charge < -0.3 is 10.6 Å². The third kappa shape index (κ3) is 1.64. The van der Waals surface area contributed by atoms with Crippen molar-refractivity contribution < 1.29 is 0 Å². The molecule has 12 heavy (non-hydrogen) atoms. The molecule has 1 saturated carbocycles. The lowest BCUT2D eigenvalue weighted by atomic mass is 9.73. The van der Waals surface area contributed by atoms with Crippen molar-refractivity contribution in [3.05, 3.63) is 0 Å². The summed E-state index contributed by atoms with van der Waals surface area (Å²) in [6.45, 7) is 2.59. The maximum absolute atomic E-state index is 5.97. The Kier molecular flexibility index (Phi) is 2.37. The van der Waals surface area contributed by atoms with Crippen LogP contribution in [0.15, 0.2) is 0 Å². The largest absolute Gasteiger partial charge is 0.328 e. The minimum absolute atomic E-state index is 0.498. The van der Waals surface area contributed by atoms with Crippen molar-refractivity contribution in [3.8, 4) is 0 Å². The van der Waals surface area contributed by atoms with E-state index in [1.165, 1.54) is 38.8 Å². The summed E-state index contributed by atoms with van der Waals surface area (Å²) in [6, 6.07) is 0.498. The zero-order valence-electron chi connectivity index (χ0n) is 8.00. The summed E-state index contributed by atoms with van der Waals surface area (Å²) in [5.74, 6) is 1.91. The minimum Gasteiger partial charge on any atom is -0.328 e. The van der Waals surface area contributed by atoms with Crippen molar-refractivity contribution in [1.82, 2.24) is 4.90 Å². The molecule has 2 fully saturated rings. The smallest absolute Gasteiger partial charge is 0.00421 e. The zero-order chi connectivity index (χ0) is 8.55. The number of nitrogens with two attached hydrogens (primary N) is 1. The molecule has 70 valence electrons. The molecule has 2 rings (SSSR count). The first kappa shape index (κ1) is 8.52. The molecule has 1 aliphatic carbocycles. The van der Waals surface area contributed by atoms with Crippen LogP contribution < -0.4 is 5.73 Å². The van der Waals surface area contributed by atoms with Gasteiger partial charge in [0.05, 0.1) is 0 Å². The SMILES string of the molecule is CN1CC[C@H]2CC[C@H](N)C[C@H]2C1. The quantitative estimate of drug-likeness (QED) is 0.586. The Hall–Kier alpha value is -0.0800. The molecule has 0 radical (unpaired) electrons. The van der Waals surface area contributed by atoms with Crippen molar-refractivity contribution in [3.63, 3.8) is 0 Å². The van der Waals surface area contributed by atoms with Crippen LogP contribution in [-0.2, 0) is 0 Å². The van der Waals surface area contributed by atoms with Gasteiger partial charge in [0, 0.05) is 12.6 Å². The van der Waals surface area contributed by atoms with Crippen LogP contribution >= 0.6 is 0 Å². The maximum atomic E-state index is 5.97. The first-order valence-corrected chi connectivity index (χ1v) is 5.20. The van der Waals surface area contributed by atoms with Gasteiger partial charge in [-0.15, -0.1) is 0 Å². The molecule has 2 N–H and O–H groups in total. The van der Waals surface area contributed by atoms with E-state index < -0.39 is 0 Å². The molecule has 2 nitrogen and oxygen atoms in total. The van der Waals surface area contributed by atoms with Gasteiger partial charge in [0.1, 0.15) is 0 Å². The van der Waals surface area contributed by atoms with Gasteiger partial charge in [-0.1, -0.05) is 0 Å². The molecule has 1 aliphatic heterocycles. The topological polar surface area (TPSA) is 29.3 Å². The van der Waals surface area contributed by atoms with Gasteiger partial charge in [0.2, 0.25) is 0 Å². The van der Waals surface area contributed by atoms with Gasteiger partial charge in [-0.25, -0.2) is 0 Å². The summed E-state index contributed by atoms with van der Waals surface area (Å²) in [4.78, 5) is 2.46. The average Bonchev–Trinajstić information content (AvgIpc) is 2.03. The van der Waals surface area contributed by atoms with Crippen LogP contribution in [0.5, 0.6) is 0 Å². The lowest BCUT2D eigenvalue weighted by Crippen LogP contribution is -2.44. The highest BCUT2D eigenvalue weighted by molar-refractivity contribution is 4.86. The second-order valence-electron chi connectivity index (χ2n) is 4.64. The van der Waals surface area contributed by atoms with Crippen LogP contribution in [0.3, 0.4) is 0 Å². The van der Waals surface area contributed by atoms with Gasteiger partial charge in [-0.2, -0.15) is 0 Å². The second kappa shape index (κ2) is 3.35. The molecule has 0 aromatic rings. The van der Waals surface area contributed by atoms with E-state index >= 15 is 0 Å². The Morgan fingerprint density at radius 1 is 1.17 bits per heavy atom. The van der Waals surface area contributed by atoms with Gasteiger partial charge in [-0.05, 0) is 51.1 Å². The van der Waals surface area contributed by atoms with Crippen molar-refractivity contribution in [2.45, 2.75) is 31.7 Å². The summed E-state index contributed by atoms with van der Waals surface area (Å²) in [6.07, 6.45) is 5.34. The number of likely N-dealkylation sites (tertiary alicyclic amines) is 1. The summed E-state index contributed by atoms with van der Waals surface area (Å²) in [5.41, 5.74) is 5.97. The Labute approximate surface area is 75.1 Å². The van der Waals surface area contributed by atoms with Crippen LogP contribution in [0, 0.1) is 11.8 Å². The normalized spacial score (nSPS) is 44.0. The predicted molar refractivity (Wildman–Crippen MR) is 50.9 cm³/mol. The van der Waals surface area contributed by atoms with Crippen LogP contribution in [0.2, 0.25) is 0 Å². The van der Waals surface area contributed by atoms with Crippen molar-refractivity contribution >= 4 is 0 Å². The van der Waals surface area contributed by atoms with E-state index in [1.54, 1.807) is 0 Å². The Morgan fingerprint density at radius 3 is 2.83 bits per heavy atom. The Bertz CT molecular complexity index is 142. The van der Waals surface area contributed by atoms with E-state index in [0.717, 1.165) is 11.8 Å². The number of piperidine rings is 1. The zero-order valence-corrected chi connectivity index (χ0v) is 8.00. The molecule has 1 heterocycles. The van der Waals surface area contributed by atoms with Crippen molar-refractivity contribution in [1.29, 1.82) is 0 Å². The Morgan fingerprint density at radius 2 is 2.00 bits per heavy atom.